The molecule has 0 saturated carbocycles. The molecule has 1 N–H and O–H groups in total. The Bertz CT molecular complexity index is 558. The summed E-state index contributed by atoms with van der Waals surface area (Å²) in [5.41, 5.74) is 1.20. The predicted octanol–water partition coefficient (Wildman–Crippen LogP) is 1.46. The number of aromatic nitrogens is 2. The molecule has 2 aromatic heterocycles. The summed E-state index contributed by atoms with van der Waals surface area (Å²) in [7, 11) is 0. The molecular weight excluding hydrogens is 236 g/mol. The van der Waals surface area contributed by atoms with Crippen LogP contribution in [0.1, 0.15) is 10.5 Å². The van der Waals surface area contributed by atoms with Gasteiger partial charge in [-0.2, -0.15) is 5.26 Å². The molecule has 1 amide bonds. The Morgan fingerprint density at radius 2 is 2.47 bits per heavy atom. The summed E-state index contributed by atoms with van der Waals surface area (Å²) in [6.45, 7) is -0.0153. The lowest BCUT2D eigenvalue weighted by atomic mass is 10.3. The van der Waals surface area contributed by atoms with Crippen molar-refractivity contribution in [1.82, 2.24) is 15.3 Å². The van der Waals surface area contributed by atoms with Crippen molar-refractivity contribution in [2.45, 2.75) is 0 Å². The average molecular weight is 244 g/mol. The van der Waals surface area contributed by atoms with Crippen molar-refractivity contribution in [3.8, 4) is 16.6 Å². The number of nitrogens with one attached hydrogen (secondary N) is 1. The summed E-state index contributed by atoms with van der Waals surface area (Å²) < 4.78 is 0. The third-order valence-electron chi connectivity index (χ3n) is 1.97. The lowest BCUT2D eigenvalue weighted by molar-refractivity contribution is 0.0954. The van der Waals surface area contributed by atoms with E-state index in [0.717, 1.165) is 10.6 Å². The van der Waals surface area contributed by atoms with Crippen LogP contribution in [0.4, 0.5) is 0 Å². The van der Waals surface area contributed by atoms with Crippen molar-refractivity contribution in [2.24, 2.45) is 0 Å². The number of rotatable bonds is 3. The number of amides is 1. The maximum Gasteiger partial charge on any atom is 0.271 e. The second-order valence-electron chi connectivity index (χ2n) is 3.12. The van der Waals surface area contributed by atoms with E-state index in [2.05, 4.69) is 15.3 Å². The molecule has 0 aliphatic heterocycles. The Morgan fingerprint density at radius 3 is 3.18 bits per heavy atom. The summed E-state index contributed by atoms with van der Waals surface area (Å²) >= 11 is 1.37. The molecular formula is C11H8N4OS. The van der Waals surface area contributed by atoms with E-state index in [4.69, 9.17) is 5.26 Å². The molecule has 0 radical (unpaired) electrons. The minimum Gasteiger partial charge on any atom is -0.338 e. The van der Waals surface area contributed by atoms with E-state index in [-0.39, 0.29) is 12.5 Å². The minimum atomic E-state index is -0.335. The molecule has 2 heterocycles. The number of nitriles is 1. The molecule has 2 rings (SSSR count). The van der Waals surface area contributed by atoms with Crippen LogP contribution in [0.5, 0.6) is 0 Å². The fourth-order valence-corrected chi connectivity index (χ4v) is 2.00. The number of carbonyl (C=O) groups excluding carboxylic acids is 1. The van der Waals surface area contributed by atoms with Crippen molar-refractivity contribution in [3.63, 3.8) is 0 Å². The van der Waals surface area contributed by atoms with Crippen molar-refractivity contribution >= 4 is 17.2 Å². The van der Waals surface area contributed by atoms with Gasteiger partial charge in [0.15, 0.2) is 0 Å². The highest BCUT2D eigenvalue weighted by atomic mass is 32.1. The van der Waals surface area contributed by atoms with E-state index in [0.29, 0.717) is 5.69 Å². The van der Waals surface area contributed by atoms with Gasteiger partial charge in [-0.15, -0.1) is 11.3 Å². The first kappa shape index (κ1) is 11.2. The first-order chi connectivity index (χ1) is 8.31. The number of nitrogens with zero attached hydrogens (tertiary/aromatic N) is 3. The van der Waals surface area contributed by atoms with E-state index in [9.17, 15) is 4.79 Å². The van der Waals surface area contributed by atoms with Gasteiger partial charge in [0.1, 0.15) is 17.2 Å². The third-order valence-corrected chi connectivity index (χ3v) is 2.86. The van der Waals surface area contributed by atoms with E-state index < -0.39 is 0 Å². The Balaban J connectivity index is 2.17. The molecule has 6 heteroatoms. The van der Waals surface area contributed by atoms with E-state index in [1.54, 1.807) is 17.8 Å². The van der Waals surface area contributed by atoms with E-state index in [1.165, 1.54) is 11.3 Å². The largest absolute Gasteiger partial charge is 0.338 e. The zero-order valence-electron chi connectivity index (χ0n) is 8.75. The second kappa shape index (κ2) is 5.18. The molecule has 17 heavy (non-hydrogen) atoms. The Hall–Kier alpha value is -2.26. The van der Waals surface area contributed by atoms with Gasteiger partial charge in [-0.25, -0.2) is 4.98 Å². The maximum atomic E-state index is 11.5. The summed E-state index contributed by atoms with van der Waals surface area (Å²) in [6.07, 6.45) is 3.37. The van der Waals surface area contributed by atoms with Crippen LogP contribution in [-0.2, 0) is 0 Å². The van der Waals surface area contributed by atoms with E-state index in [1.807, 2.05) is 18.2 Å². The minimum absolute atomic E-state index is 0.0153. The van der Waals surface area contributed by atoms with Crippen LogP contribution in [0.25, 0.3) is 10.6 Å². The lowest BCUT2D eigenvalue weighted by Gasteiger charge is -1.95. The van der Waals surface area contributed by atoms with Crippen LogP contribution >= 0.6 is 11.3 Å². The number of hydrogen-bond donors (Lipinski definition) is 1. The van der Waals surface area contributed by atoms with Gasteiger partial charge in [-0.05, 0) is 12.1 Å². The zero-order chi connectivity index (χ0) is 12.1. The summed E-state index contributed by atoms with van der Waals surface area (Å²) in [5, 5.41) is 13.2. The fraction of sp³-hybridized carbons (Fsp3) is 0.0909. The normalized spacial score (nSPS) is 9.59. The zero-order valence-corrected chi connectivity index (χ0v) is 9.57. The van der Waals surface area contributed by atoms with Gasteiger partial charge in [0.25, 0.3) is 5.91 Å². The standard InChI is InChI=1S/C11H8N4OS/c12-3-5-14-10(16)9-7-17-11(15-9)8-2-1-4-13-6-8/h1-2,4,6-7H,5H2,(H,14,16). The predicted molar refractivity (Wildman–Crippen MR) is 63.3 cm³/mol. The Labute approximate surface area is 102 Å². The van der Waals surface area contributed by atoms with Gasteiger partial charge in [0.05, 0.1) is 6.07 Å². The van der Waals surface area contributed by atoms with Crippen molar-refractivity contribution in [1.29, 1.82) is 5.26 Å². The summed E-state index contributed by atoms with van der Waals surface area (Å²) in [5.74, 6) is -0.335. The van der Waals surface area contributed by atoms with Gasteiger partial charge in [0, 0.05) is 23.3 Å². The molecule has 0 spiro atoms. The Morgan fingerprint density at radius 1 is 1.59 bits per heavy atom. The van der Waals surface area contributed by atoms with Gasteiger partial charge < -0.3 is 5.32 Å². The molecule has 2 aromatic rings. The summed E-state index contributed by atoms with van der Waals surface area (Å²) in [6, 6.07) is 5.53. The first-order valence-corrected chi connectivity index (χ1v) is 5.70. The van der Waals surface area contributed by atoms with Gasteiger partial charge >= 0.3 is 0 Å². The second-order valence-corrected chi connectivity index (χ2v) is 3.98. The van der Waals surface area contributed by atoms with Gasteiger partial charge in [-0.1, -0.05) is 0 Å². The SMILES string of the molecule is N#CCNC(=O)c1csc(-c2cccnc2)n1. The number of hydrogen-bond acceptors (Lipinski definition) is 5. The number of carbonyl (C=O) groups is 1. The third kappa shape index (κ3) is 2.65. The molecule has 0 fully saturated rings. The number of thiazole rings is 1. The topological polar surface area (TPSA) is 78.7 Å². The molecule has 0 atom stereocenters. The molecule has 0 aromatic carbocycles. The lowest BCUT2D eigenvalue weighted by Crippen LogP contribution is -2.23. The van der Waals surface area contributed by atoms with Gasteiger partial charge in [0.2, 0.25) is 0 Å². The number of pyridine rings is 1. The monoisotopic (exact) mass is 244 g/mol. The Kier molecular flexibility index (Phi) is 3.43. The maximum absolute atomic E-state index is 11.5. The van der Waals surface area contributed by atoms with Crippen molar-refractivity contribution in [2.75, 3.05) is 6.54 Å². The van der Waals surface area contributed by atoms with Crippen LogP contribution < -0.4 is 5.32 Å². The summed E-state index contributed by atoms with van der Waals surface area (Å²) in [4.78, 5) is 19.7. The first-order valence-electron chi connectivity index (χ1n) is 4.82. The van der Waals surface area contributed by atoms with Crippen molar-refractivity contribution in [3.05, 3.63) is 35.6 Å². The molecule has 0 aliphatic carbocycles. The van der Waals surface area contributed by atoms with Crippen LogP contribution in [0.2, 0.25) is 0 Å². The molecule has 84 valence electrons. The smallest absolute Gasteiger partial charge is 0.271 e. The van der Waals surface area contributed by atoms with Crippen LogP contribution in [0, 0.1) is 11.3 Å². The van der Waals surface area contributed by atoms with Crippen LogP contribution in [0.15, 0.2) is 29.9 Å². The molecule has 0 aliphatic rings. The van der Waals surface area contributed by atoms with Gasteiger partial charge in [-0.3, -0.25) is 9.78 Å². The fourth-order valence-electron chi connectivity index (χ4n) is 1.21. The molecule has 0 unspecified atom stereocenters. The highest BCUT2D eigenvalue weighted by Gasteiger charge is 2.10. The highest BCUT2D eigenvalue weighted by molar-refractivity contribution is 7.13. The van der Waals surface area contributed by atoms with Crippen LogP contribution in [0.3, 0.4) is 0 Å². The quantitative estimate of drug-likeness (QED) is 0.829. The average Bonchev–Trinajstić information content (AvgIpc) is 2.86. The van der Waals surface area contributed by atoms with Crippen LogP contribution in [-0.4, -0.2) is 22.4 Å². The molecule has 0 bridgehead atoms. The van der Waals surface area contributed by atoms with E-state index >= 15 is 0 Å². The molecule has 5 nitrogen and oxygen atoms in total. The molecule has 0 saturated heterocycles. The van der Waals surface area contributed by atoms with Crippen molar-refractivity contribution < 1.29 is 4.79 Å². The highest BCUT2D eigenvalue weighted by Crippen LogP contribution is 2.22.